The smallest absolute Gasteiger partial charge is 0.410 e. The molecule has 1 amide bonds. The standard InChI is InChI=1S/C28H29N3O2/c1-28(20-12-5-13-21-29-27(32)33-24-18-10-4-11-19-24)30-25(22-14-6-2-7-15-22)26(31-28)23-16-8-3-9-17-23/h2-4,6-11,14-19H,5,12-13,20-21H2,1H3,(H,29,32). The molecule has 168 valence electrons. The van der Waals surface area contributed by atoms with Gasteiger partial charge < -0.3 is 10.1 Å². The summed E-state index contributed by atoms with van der Waals surface area (Å²) in [6.45, 7) is 2.68. The van der Waals surface area contributed by atoms with Crippen LogP contribution in [0.15, 0.2) is 101 Å². The Labute approximate surface area is 195 Å². The fourth-order valence-electron chi connectivity index (χ4n) is 3.90. The Balaban J connectivity index is 1.30. The maximum Gasteiger partial charge on any atom is 0.412 e. The molecule has 5 heteroatoms. The molecule has 0 atom stereocenters. The summed E-state index contributed by atoms with van der Waals surface area (Å²) in [4.78, 5) is 22.0. The summed E-state index contributed by atoms with van der Waals surface area (Å²) in [5.74, 6) is 0.545. The first kappa shape index (κ1) is 22.5. The highest BCUT2D eigenvalue weighted by Gasteiger charge is 2.32. The van der Waals surface area contributed by atoms with E-state index < -0.39 is 11.8 Å². The van der Waals surface area contributed by atoms with Crippen LogP contribution in [-0.2, 0) is 0 Å². The first-order chi connectivity index (χ1) is 16.1. The molecule has 0 saturated heterocycles. The lowest BCUT2D eigenvalue weighted by Crippen LogP contribution is -2.27. The van der Waals surface area contributed by atoms with Crippen molar-refractivity contribution in [3.05, 3.63) is 102 Å². The third kappa shape index (κ3) is 6.16. The van der Waals surface area contributed by atoms with E-state index in [1.54, 1.807) is 12.1 Å². The van der Waals surface area contributed by atoms with Crippen LogP contribution in [-0.4, -0.2) is 29.7 Å². The molecule has 3 aromatic carbocycles. The van der Waals surface area contributed by atoms with Crippen LogP contribution in [0.4, 0.5) is 4.79 Å². The van der Waals surface area contributed by atoms with Crippen LogP contribution in [0.1, 0.15) is 43.7 Å². The molecule has 0 saturated carbocycles. The van der Waals surface area contributed by atoms with E-state index in [0.29, 0.717) is 12.3 Å². The van der Waals surface area contributed by atoms with E-state index in [2.05, 4.69) is 36.5 Å². The lowest BCUT2D eigenvalue weighted by Gasteiger charge is -2.17. The van der Waals surface area contributed by atoms with Gasteiger partial charge in [0.15, 0.2) is 0 Å². The fourth-order valence-corrected chi connectivity index (χ4v) is 3.90. The molecule has 0 spiro atoms. The van der Waals surface area contributed by atoms with Gasteiger partial charge in [0, 0.05) is 17.7 Å². The Morgan fingerprint density at radius 3 is 1.82 bits per heavy atom. The van der Waals surface area contributed by atoms with Gasteiger partial charge >= 0.3 is 6.09 Å². The number of rotatable bonds is 9. The zero-order valence-corrected chi connectivity index (χ0v) is 18.9. The van der Waals surface area contributed by atoms with Crippen molar-refractivity contribution in [1.82, 2.24) is 5.32 Å². The Bertz CT molecular complexity index is 1050. The van der Waals surface area contributed by atoms with Crippen molar-refractivity contribution in [2.75, 3.05) is 6.54 Å². The summed E-state index contributed by atoms with van der Waals surface area (Å²) in [7, 11) is 0. The largest absolute Gasteiger partial charge is 0.412 e. The summed E-state index contributed by atoms with van der Waals surface area (Å²) in [5, 5.41) is 2.81. The van der Waals surface area contributed by atoms with Gasteiger partial charge in [0.05, 0.1) is 11.4 Å². The van der Waals surface area contributed by atoms with Gasteiger partial charge in [0.25, 0.3) is 0 Å². The third-order valence-corrected chi connectivity index (χ3v) is 5.57. The van der Waals surface area contributed by atoms with Gasteiger partial charge in [-0.05, 0) is 38.3 Å². The predicted octanol–water partition coefficient (Wildman–Crippen LogP) is 6.04. The third-order valence-electron chi connectivity index (χ3n) is 5.57. The minimum Gasteiger partial charge on any atom is -0.410 e. The van der Waals surface area contributed by atoms with Crippen LogP contribution in [0.2, 0.25) is 0 Å². The van der Waals surface area contributed by atoms with Gasteiger partial charge in [-0.3, -0.25) is 9.98 Å². The number of carbonyl (C=O) groups is 1. The van der Waals surface area contributed by atoms with Crippen LogP contribution in [0.25, 0.3) is 0 Å². The van der Waals surface area contributed by atoms with Crippen LogP contribution in [0.3, 0.4) is 0 Å². The number of hydrogen-bond acceptors (Lipinski definition) is 4. The molecule has 0 bridgehead atoms. The Hall–Kier alpha value is -3.73. The highest BCUT2D eigenvalue weighted by atomic mass is 16.5. The topological polar surface area (TPSA) is 63.0 Å². The predicted molar refractivity (Wildman–Crippen MR) is 133 cm³/mol. The lowest BCUT2D eigenvalue weighted by molar-refractivity contribution is 0.200. The van der Waals surface area contributed by atoms with E-state index >= 15 is 0 Å². The number of amides is 1. The maximum absolute atomic E-state index is 11.9. The zero-order chi connectivity index (χ0) is 22.9. The summed E-state index contributed by atoms with van der Waals surface area (Å²) in [6.07, 6.45) is 3.27. The normalized spacial score (nSPS) is 14.3. The Morgan fingerprint density at radius 2 is 1.27 bits per heavy atom. The van der Waals surface area contributed by atoms with Gasteiger partial charge in [-0.2, -0.15) is 0 Å². The van der Waals surface area contributed by atoms with Crippen molar-refractivity contribution < 1.29 is 9.53 Å². The van der Waals surface area contributed by atoms with E-state index in [0.717, 1.165) is 48.2 Å². The number of carbonyl (C=O) groups excluding carboxylic acids is 1. The molecule has 3 aromatic rings. The molecule has 0 unspecified atom stereocenters. The molecule has 1 N–H and O–H groups in total. The van der Waals surface area contributed by atoms with Gasteiger partial charge in [-0.1, -0.05) is 85.3 Å². The second-order valence-electron chi connectivity index (χ2n) is 8.31. The van der Waals surface area contributed by atoms with Crippen LogP contribution in [0, 0.1) is 0 Å². The molecular formula is C28H29N3O2. The molecular weight excluding hydrogens is 410 g/mol. The van der Waals surface area contributed by atoms with Gasteiger partial charge in [-0.15, -0.1) is 0 Å². The van der Waals surface area contributed by atoms with Gasteiger partial charge in [0.2, 0.25) is 0 Å². The molecule has 1 aliphatic heterocycles. The number of benzene rings is 3. The molecule has 0 aliphatic carbocycles. The van der Waals surface area contributed by atoms with Crippen molar-refractivity contribution in [3.8, 4) is 5.75 Å². The number of para-hydroxylation sites is 1. The first-order valence-corrected chi connectivity index (χ1v) is 11.4. The number of aliphatic imine (C=N–C) groups is 2. The van der Waals surface area contributed by atoms with Crippen molar-refractivity contribution in [3.63, 3.8) is 0 Å². The molecule has 5 nitrogen and oxygen atoms in total. The maximum atomic E-state index is 11.9. The number of hydrogen-bond donors (Lipinski definition) is 1. The fraction of sp³-hybridized carbons (Fsp3) is 0.250. The zero-order valence-electron chi connectivity index (χ0n) is 18.9. The average molecular weight is 440 g/mol. The van der Waals surface area contributed by atoms with E-state index in [1.807, 2.05) is 54.6 Å². The summed E-state index contributed by atoms with van der Waals surface area (Å²) in [6, 6.07) is 29.6. The van der Waals surface area contributed by atoms with Crippen LogP contribution < -0.4 is 10.1 Å². The van der Waals surface area contributed by atoms with Crippen LogP contribution >= 0.6 is 0 Å². The minimum absolute atomic E-state index is 0.418. The van der Waals surface area contributed by atoms with Crippen molar-refractivity contribution >= 4 is 17.5 Å². The second kappa shape index (κ2) is 10.7. The minimum atomic E-state index is -0.476. The summed E-state index contributed by atoms with van der Waals surface area (Å²) < 4.78 is 5.24. The van der Waals surface area contributed by atoms with Gasteiger partial charge in [-0.25, -0.2) is 4.79 Å². The molecule has 0 fully saturated rings. The van der Waals surface area contributed by atoms with E-state index in [4.69, 9.17) is 14.7 Å². The number of ether oxygens (including phenoxy) is 1. The van der Waals surface area contributed by atoms with Crippen LogP contribution in [0.5, 0.6) is 5.75 Å². The Kier molecular flexibility index (Phi) is 7.30. The number of nitrogens with zero attached hydrogens (tertiary/aromatic N) is 2. The lowest BCUT2D eigenvalue weighted by atomic mass is 10.0. The summed E-state index contributed by atoms with van der Waals surface area (Å²) >= 11 is 0. The van der Waals surface area contributed by atoms with Gasteiger partial charge in [0.1, 0.15) is 11.4 Å². The molecule has 1 heterocycles. The Morgan fingerprint density at radius 1 is 0.758 bits per heavy atom. The molecule has 1 aliphatic rings. The van der Waals surface area contributed by atoms with E-state index in [9.17, 15) is 4.79 Å². The van der Waals surface area contributed by atoms with Crippen molar-refractivity contribution in [2.45, 2.75) is 38.3 Å². The van der Waals surface area contributed by atoms with Crippen molar-refractivity contribution in [2.24, 2.45) is 9.98 Å². The number of nitrogens with one attached hydrogen (secondary N) is 1. The number of unbranched alkanes of at least 4 members (excludes halogenated alkanes) is 2. The first-order valence-electron chi connectivity index (χ1n) is 11.4. The van der Waals surface area contributed by atoms with E-state index in [1.165, 1.54) is 0 Å². The molecule has 33 heavy (non-hydrogen) atoms. The SMILES string of the molecule is CC1(CCCCCNC(=O)Oc2ccccc2)N=C(c2ccccc2)C(c2ccccc2)=N1. The molecule has 0 aromatic heterocycles. The highest BCUT2D eigenvalue weighted by molar-refractivity contribution is 6.54. The molecule has 0 radical (unpaired) electrons. The second-order valence-corrected chi connectivity index (χ2v) is 8.31. The highest BCUT2D eigenvalue weighted by Crippen LogP contribution is 2.30. The quantitative estimate of drug-likeness (QED) is 0.413. The van der Waals surface area contributed by atoms with Crippen molar-refractivity contribution in [1.29, 1.82) is 0 Å². The monoisotopic (exact) mass is 439 g/mol. The van der Waals surface area contributed by atoms with E-state index in [-0.39, 0.29) is 0 Å². The summed E-state index contributed by atoms with van der Waals surface area (Å²) in [5.41, 5.74) is 3.61. The average Bonchev–Trinajstić information content (AvgIpc) is 3.21. The molecule has 4 rings (SSSR count).